The monoisotopic (exact) mass is 481 g/mol. The molecule has 0 aromatic heterocycles. The standard InChI is InChI=1S/C27H32BrNO2/c1-4-30-26-17-24(18-29-21(3)13-14-22-10-6-5-7-11-22)16-25(28)27(26)31-19-23-12-8-9-20(2)15-23/h5-12,15-17,21,29H,4,13-14,18-19H2,1-3H3. The van der Waals surface area contributed by atoms with Crippen LogP contribution in [0.5, 0.6) is 11.5 Å². The Kier molecular flexibility index (Phi) is 8.98. The highest BCUT2D eigenvalue weighted by Crippen LogP contribution is 2.37. The Morgan fingerprint density at radius 2 is 1.68 bits per heavy atom. The summed E-state index contributed by atoms with van der Waals surface area (Å²) < 4.78 is 13.0. The lowest BCUT2D eigenvalue weighted by molar-refractivity contribution is 0.267. The predicted molar refractivity (Wildman–Crippen MR) is 132 cm³/mol. The van der Waals surface area contributed by atoms with Gasteiger partial charge in [-0.15, -0.1) is 0 Å². The van der Waals surface area contributed by atoms with Gasteiger partial charge in [-0.1, -0.05) is 60.2 Å². The average Bonchev–Trinajstić information content (AvgIpc) is 2.76. The maximum absolute atomic E-state index is 6.14. The van der Waals surface area contributed by atoms with Gasteiger partial charge in [0.15, 0.2) is 11.5 Å². The highest BCUT2D eigenvalue weighted by molar-refractivity contribution is 9.10. The maximum atomic E-state index is 6.14. The number of rotatable bonds is 11. The molecule has 3 aromatic rings. The molecule has 0 saturated heterocycles. The topological polar surface area (TPSA) is 30.5 Å². The van der Waals surface area contributed by atoms with Gasteiger partial charge in [-0.2, -0.15) is 0 Å². The first-order valence-electron chi connectivity index (χ1n) is 11.0. The largest absolute Gasteiger partial charge is 0.490 e. The van der Waals surface area contributed by atoms with Gasteiger partial charge in [-0.25, -0.2) is 0 Å². The Bertz CT molecular complexity index is 959. The van der Waals surface area contributed by atoms with Gasteiger partial charge in [0.05, 0.1) is 11.1 Å². The molecule has 0 aliphatic heterocycles. The van der Waals surface area contributed by atoms with E-state index < -0.39 is 0 Å². The van der Waals surface area contributed by atoms with Gasteiger partial charge in [0.1, 0.15) is 6.61 Å². The number of halogens is 1. The Morgan fingerprint density at radius 3 is 2.42 bits per heavy atom. The van der Waals surface area contributed by atoms with Crippen LogP contribution in [0, 0.1) is 6.92 Å². The lowest BCUT2D eigenvalue weighted by atomic mass is 10.1. The molecule has 0 spiro atoms. The summed E-state index contributed by atoms with van der Waals surface area (Å²) in [4.78, 5) is 0. The van der Waals surface area contributed by atoms with Crippen molar-refractivity contribution in [3.05, 3.63) is 93.5 Å². The summed E-state index contributed by atoms with van der Waals surface area (Å²) in [6.45, 7) is 8.21. The Labute approximate surface area is 194 Å². The van der Waals surface area contributed by atoms with Crippen molar-refractivity contribution in [3.63, 3.8) is 0 Å². The SMILES string of the molecule is CCOc1cc(CNC(C)CCc2ccccc2)cc(Br)c1OCc1cccc(C)c1. The normalized spacial score (nSPS) is 11.9. The van der Waals surface area contributed by atoms with Crippen LogP contribution in [0.1, 0.15) is 42.5 Å². The van der Waals surface area contributed by atoms with E-state index in [0.717, 1.165) is 40.9 Å². The minimum Gasteiger partial charge on any atom is -0.490 e. The van der Waals surface area contributed by atoms with E-state index in [-0.39, 0.29) is 0 Å². The van der Waals surface area contributed by atoms with Crippen LogP contribution >= 0.6 is 15.9 Å². The molecule has 31 heavy (non-hydrogen) atoms. The molecule has 3 nitrogen and oxygen atoms in total. The van der Waals surface area contributed by atoms with Crippen LogP contribution in [-0.2, 0) is 19.6 Å². The van der Waals surface area contributed by atoms with Crippen molar-refractivity contribution in [3.8, 4) is 11.5 Å². The number of nitrogens with one attached hydrogen (secondary N) is 1. The van der Waals surface area contributed by atoms with Crippen molar-refractivity contribution in [1.82, 2.24) is 5.32 Å². The third-order valence-electron chi connectivity index (χ3n) is 5.20. The molecule has 3 aromatic carbocycles. The first kappa shape index (κ1) is 23.4. The molecule has 0 heterocycles. The summed E-state index contributed by atoms with van der Waals surface area (Å²) >= 11 is 3.69. The summed E-state index contributed by atoms with van der Waals surface area (Å²) in [7, 11) is 0. The minimum atomic E-state index is 0.423. The van der Waals surface area contributed by atoms with Crippen LogP contribution in [0.25, 0.3) is 0 Å². The van der Waals surface area contributed by atoms with Crippen molar-refractivity contribution >= 4 is 15.9 Å². The molecule has 0 bridgehead atoms. The van der Waals surface area contributed by atoms with Gasteiger partial charge >= 0.3 is 0 Å². The second-order valence-electron chi connectivity index (χ2n) is 7.92. The van der Waals surface area contributed by atoms with Gasteiger partial charge in [0.2, 0.25) is 0 Å². The van der Waals surface area contributed by atoms with E-state index in [1.165, 1.54) is 16.7 Å². The van der Waals surface area contributed by atoms with Crippen molar-refractivity contribution in [2.24, 2.45) is 0 Å². The Morgan fingerprint density at radius 1 is 0.903 bits per heavy atom. The molecule has 164 valence electrons. The fourth-order valence-corrected chi connectivity index (χ4v) is 4.11. The first-order valence-corrected chi connectivity index (χ1v) is 11.7. The van der Waals surface area contributed by atoms with Crippen LogP contribution in [0.15, 0.2) is 71.2 Å². The predicted octanol–water partition coefficient (Wildman–Crippen LogP) is 6.85. The van der Waals surface area contributed by atoms with Crippen molar-refractivity contribution in [2.75, 3.05) is 6.61 Å². The zero-order valence-electron chi connectivity index (χ0n) is 18.7. The van der Waals surface area contributed by atoms with Gasteiger partial charge in [0.25, 0.3) is 0 Å². The lowest BCUT2D eigenvalue weighted by Crippen LogP contribution is -2.26. The molecule has 1 N–H and O–H groups in total. The van der Waals surface area contributed by atoms with Crippen LogP contribution in [0.3, 0.4) is 0 Å². The number of hydrogen-bond donors (Lipinski definition) is 1. The second-order valence-corrected chi connectivity index (χ2v) is 8.78. The molecular weight excluding hydrogens is 450 g/mol. The fourth-order valence-electron chi connectivity index (χ4n) is 3.51. The third-order valence-corrected chi connectivity index (χ3v) is 5.79. The average molecular weight is 482 g/mol. The summed E-state index contributed by atoms with van der Waals surface area (Å²) in [6, 6.07) is 23.6. The van der Waals surface area contributed by atoms with Crippen LogP contribution in [0.4, 0.5) is 0 Å². The lowest BCUT2D eigenvalue weighted by Gasteiger charge is -2.18. The fraction of sp³-hybridized carbons (Fsp3) is 0.333. The number of benzene rings is 3. The third kappa shape index (κ3) is 7.41. The molecule has 0 amide bonds. The summed E-state index contributed by atoms with van der Waals surface area (Å²) in [5.41, 5.74) is 4.93. The molecule has 0 aliphatic carbocycles. The Hall–Kier alpha value is -2.30. The number of ether oxygens (including phenoxy) is 2. The van der Waals surface area contributed by atoms with E-state index in [1.807, 2.05) is 6.92 Å². The molecule has 3 rings (SSSR count). The van der Waals surface area contributed by atoms with E-state index in [2.05, 4.69) is 102 Å². The second kappa shape index (κ2) is 11.9. The molecular formula is C27H32BrNO2. The molecule has 1 atom stereocenters. The molecule has 4 heteroatoms. The molecule has 0 aliphatic rings. The van der Waals surface area contributed by atoms with Crippen LogP contribution in [0.2, 0.25) is 0 Å². The highest BCUT2D eigenvalue weighted by Gasteiger charge is 2.13. The molecule has 1 unspecified atom stereocenters. The van der Waals surface area contributed by atoms with Gasteiger partial charge in [-0.3, -0.25) is 0 Å². The van der Waals surface area contributed by atoms with Crippen LogP contribution in [-0.4, -0.2) is 12.6 Å². The van der Waals surface area contributed by atoms with Gasteiger partial charge in [-0.05, 0) is 78.4 Å². The van der Waals surface area contributed by atoms with Crippen molar-refractivity contribution < 1.29 is 9.47 Å². The van der Waals surface area contributed by atoms with Gasteiger partial charge in [0, 0.05) is 12.6 Å². The zero-order valence-corrected chi connectivity index (χ0v) is 20.2. The first-order chi connectivity index (χ1) is 15.0. The summed E-state index contributed by atoms with van der Waals surface area (Å²) in [6.07, 6.45) is 2.18. The summed E-state index contributed by atoms with van der Waals surface area (Å²) in [5, 5.41) is 3.63. The smallest absolute Gasteiger partial charge is 0.175 e. The molecule has 0 radical (unpaired) electrons. The maximum Gasteiger partial charge on any atom is 0.175 e. The van der Waals surface area contributed by atoms with Crippen molar-refractivity contribution in [2.45, 2.75) is 52.8 Å². The minimum absolute atomic E-state index is 0.423. The van der Waals surface area contributed by atoms with Crippen LogP contribution < -0.4 is 14.8 Å². The highest BCUT2D eigenvalue weighted by atomic mass is 79.9. The van der Waals surface area contributed by atoms with E-state index >= 15 is 0 Å². The van der Waals surface area contributed by atoms with Crippen molar-refractivity contribution in [1.29, 1.82) is 0 Å². The molecule has 0 fully saturated rings. The Balaban J connectivity index is 1.60. The quantitative estimate of drug-likeness (QED) is 0.324. The number of aryl methyl sites for hydroxylation is 2. The van der Waals surface area contributed by atoms with E-state index in [1.54, 1.807) is 0 Å². The van der Waals surface area contributed by atoms with Gasteiger partial charge < -0.3 is 14.8 Å². The molecule has 0 saturated carbocycles. The number of hydrogen-bond acceptors (Lipinski definition) is 3. The summed E-state index contributed by atoms with van der Waals surface area (Å²) in [5.74, 6) is 1.53. The zero-order chi connectivity index (χ0) is 22.1. The van der Waals surface area contributed by atoms with E-state index in [4.69, 9.17) is 9.47 Å². The van der Waals surface area contributed by atoms with E-state index in [0.29, 0.717) is 19.3 Å². The van der Waals surface area contributed by atoms with E-state index in [9.17, 15) is 0 Å².